The smallest absolute Gasteiger partial charge is 0.422 e. The van der Waals surface area contributed by atoms with Crippen LogP contribution in [0.5, 0.6) is 23.0 Å². The highest BCUT2D eigenvalue weighted by molar-refractivity contribution is 5.93. The van der Waals surface area contributed by atoms with Gasteiger partial charge in [-0.1, -0.05) is 32.4 Å². The lowest BCUT2D eigenvalue weighted by molar-refractivity contribution is -0.143. The van der Waals surface area contributed by atoms with Crippen molar-refractivity contribution >= 4 is 23.9 Å². The Morgan fingerprint density at radius 2 is 0.952 bits per heavy atom. The summed E-state index contributed by atoms with van der Waals surface area (Å²) in [6.45, 7) is 14.7. The number of halogens is 6. The average Bonchev–Trinajstić information content (AvgIpc) is 2.87. The molecule has 0 aliphatic carbocycles. The molecule has 0 fully saturated rings. The quantitative estimate of drug-likeness (QED) is 0.142. The van der Waals surface area contributed by atoms with Crippen molar-refractivity contribution in [3.63, 3.8) is 0 Å². The first-order valence-corrected chi connectivity index (χ1v) is 11.2. The lowest BCUT2D eigenvalue weighted by atomic mass is 10.0. The van der Waals surface area contributed by atoms with Crippen LogP contribution in [0.1, 0.15) is 13.8 Å². The minimum absolute atomic E-state index is 0.00846. The largest absolute Gasteiger partial charge is 0.423 e. The summed E-state index contributed by atoms with van der Waals surface area (Å²) >= 11 is 0. The van der Waals surface area contributed by atoms with Crippen molar-refractivity contribution in [1.29, 1.82) is 0 Å². The summed E-state index contributed by atoms with van der Waals surface area (Å²) in [6.07, 6.45) is -10.3. The van der Waals surface area contributed by atoms with Crippen LogP contribution in [0, 0.1) is 0 Å². The Balaban J connectivity index is 2.67. The van der Waals surface area contributed by atoms with Crippen LogP contribution in [0.25, 0.3) is 11.1 Å². The molecule has 42 heavy (non-hydrogen) atoms. The number of ether oxygens (including phenoxy) is 4. The van der Waals surface area contributed by atoms with E-state index < -0.39 is 58.9 Å². The number of hydrogen-bond acceptors (Lipinski definition) is 8. The van der Waals surface area contributed by atoms with Gasteiger partial charge in [-0.2, -0.15) is 26.3 Å². The molecule has 0 saturated carbocycles. The third-order valence-corrected chi connectivity index (χ3v) is 4.86. The highest BCUT2D eigenvalue weighted by Crippen LogP contribution is 2.38. The van der Waals surface area contributed by atoms with Crippen LogP contribution >= 0.6 is 0 Å². The number of esters is 4. The minimum atomic E-state index is -5.17. The van der Waals surface area contributed by atoms with Crippen molar-refractivity contribution < 1.29 is 64.5 Å². The van der Waals surface area contributed by atoms with Crippen molar-refractivity contribution in [2.45, 2.75) is 26.2 Å². The molecule has 0 heterocycles. The molecule has 0 aliphatic rings. The molecule has 2 rings (SSSR count). The van der Waals surface area contributed by atoms with Crippen LogP contribution in [0.3, 0.4) is 0 Å². The second-order valence-electron chi connectivity index (χ2n) is 8.43. The van der Waals surface area contributed by atoms with E-state index in [-0.39, 0.29) is 33.8 Å². The Labute approximate surface area is 234 Å². The van der Waals surface area contributed by atoms with Gasteiger partial charge in [-0.05, 0) is 49.2 Å². The number of carbonyl (C=O) groups excluding carboxylic acids is 4. The van der Waals surface area contributed by atoms with Gasteiger partial charge in [0.25, 0.3) is 0 Å². The van der Waals surface area contributed by atoms with E-state index in [1.54, 1.807) is 0 Å². The SMILES string of the molecule is C=C(C)C(=O)Oc1ccc(-c2cc(OC(=O)C(=C)C(F)(F)F)cc(OC(=O)C(=C)C(F)(F)F)c2)cc1OC(=O)C(=C)C. The first-order valence-electron chi connectivity index (χ1n) is 11.2. The predicted molar refractivity (Wildman–Crippen MR) is 134 cm³/mol. The highest BCUT2D eigenvalue weighted by atomic mass is 19.4. The first-order chi connectivity index (χ1) is 19.2. The normalized spacial score (nSPS) is 11.1. The molecule has 0 amide bonds. The zero-order chi connectivity index (χ0) is 32.2. The Bertz CT molecular complexity index is 1460. The lowest BCUT2D eigenvalue weighted by Gasteiger charge is -2.15. The minimum Gasteiger partial charge on any atom is -0.423 e. The molecule has 14 heteroatoms. The Hall–Kier alpha value is -5.14. The van der Waals surface area contributed by atoms with Gasteiger partial charge < -0.3 is 18.9 Å². The average molecular weight is 598 g/mol. The monoisotopic (exact) mass is 598 g/mol. The Kier molecular flexibility index (Phi) is 9.90. The zero-order valence-corrected chi connectivity index (χ0v) is 21.8. The highest BCUT2D eigenvalue weighted by Gasteiger charge is 2.39. The van der Waals surface area contributed by atoms with Crippen LogP contribution in [0.2, 0.25) is 0 Å². The molecule has 222 valence electrons. The van der Waals surface area contributed by atoms with Gasteiger partial charge in [0, 0.05) is 17.2 Å². The summed E-state index contributed by atoms with van der Waals surface area (Å²) in [4.78, 5) is 48.2. The molecule has 0 spiro atoms. The number of benzene rings is 2. The molecule has 0 N–H and O–H groups in total. The van der Waals surface area contributed by atoms with Crippen molar-refractivity contribution in [1.82, 2.24) is 0 Å². The van der Waals surface area contributed by atoms with Crippen molar-refractivity contribution in [3.8, 4) is 34.1 Å². The molecule has 2 aromatic rings. The van der Waals surface area contributed by atoms with Gasteiger partial charge in [0.1, 0.15) is 22.6 Å². The summed E-state index contributed by atoms with van der Waals surface area (Å²) in [5, 5.41) is 0. The van der Waals surface area contributed by atoms with Crippen molar-refractivity contribution in [2.75, 3.05) is 0 Å². The Morgan fingerprint density at radius 3 is 1.33 bits per heavy atom. The zero-order valence-electron chi connectivity index (χ0n) is 21.8. The molecule has 8 nitrogen and oxygen atoms in total. The molecule has 0 aromatic heterocycles. The van der Waals surface area contributed by atoms with E-state index >= 15 is 0 Å². The third kappa shape index (κ3) is 8.68. The fourth-order valence-electron chi connectivity index (χ4n) is 2.65. The van der Waals surface area contributed by atoms with Gasteiger partial charge in [-0.15, -0.1) is 0 Å². The maximum atomic E-state index is 12.9. The molecule has 0 saturated heterocycles. The predicted octanol–water partition coefficient (Wildman–Crippen LogP) is 6.36. The van der Waals surface area contributed by atoms with Crippen LogP contribution in [-0.4, -0.2) is 36.2 Å². The lowest BCUT2D eigenvalue weighted by Crippen LogP contribution is -2.23. The van der Waals surface area contributed by atoms with Crippen LogP contribution in [0.15, 0.2) is 85.0 Å². The van der Waals surface area contributed by atoms with Gasteiger partial charge in [-0.3, -0.25) is 0 Å². The molecule has 2 aromatic carbocycles. The van der Waals surface area contributed by atoms with Gasteiger partial charge in [0.2, 0.25) is 0 Å². The Morgan fingerprint density at radius 1 is 0.548 bits per heavy atom. The van der Waals surface area contributed by atoms with Crippen molar-refractivity contribution in [2.24, 2.45) is 0 Å². The van der Waals surface area contributed by atoms with Gasteiger partial charge in [0.05, 0.1) is 0 Å². The summed E-state index contributed by atoms with van der Waals surface area (Å²) in [7, 11) is 0. The molecule has 0 unspecified atom stereocenters. The molecule has 0 bridgehead atoms. The van der Waals surface area contributed by atoms with E-state index in [0.29, 0.717) is 6.07 Å². The molecular weight excluding hydrogens is 578 g/mol. The summed E-state index contributed by atoms with van der Waals surface area (Å²) in [6, 6.07) is 6.04. The third-order valence-electron chi connectivity index (χ3n) is 4.86. The summed E-state index contributed by atoms with van der Waals surface area (Å²) in [5.41, 5.74) is -4.02. The number of rotatable bonds is 9. The van der Waals surface area contributed by atoms with E-state index in [9.17, 15) is 45.5 Å². The van der Waals surface area contributed by atoms with E-state index in [1.807, 2.05) is 0 Å². The molecular formula is C28H20F6O8. The fourth-order valence-corrected chi connectivity index (χ4v) is 2.65. The van der Waals surface area contributed by atoms with Crippen LogP contribution in [-0.2, 0) is 19.2 Å². The van der Waals surface area contributed by atoms with Crippen LogP contribution in [0.4, 0.5) is 26.3 Å². The standard InChI is InChI=1S/C28H20F6O8/c1-13(2)23(35)41-21-8-7-17(11-22(21)42-24(36)14(3)4)18-9-19(39-25(37)15(5)27(29,30)31)12-20(10-18)40-26(38)16(6)28(32,33)34/h7-12H,1,3,5-6H2,2,4H3. The van der Waals surface area contributed by atoms with Crippen LogP contribution < -0.4 is 18.9 Å². The fraction of sp³-hybridized carbons (Fsp3) is 0.143. The van der Waals surface area contributed by atoms with E-state index in [0.717, 1.165) is 24.3 Å². The van der Waals surface area contributed by atoms with E-state index in [1.165, 1.54) is 19.9 Å². The molecule has 0 radical (unpaired) electrons. The van der Waals surface area contributed by atoms with Crippen molar-refractivity contribution in [3.05, 3.63) is 85.0 Å². The second kappa shape index (κ2) is 12.6. The summed E-state index contributed by atoms with van der Waals surface area (Å²) < 4.78 is 97.1. The molecule has 0 atom stereocenters. The van der Waals surface area contributed by atoms with Gasteiger partial charge >= 0.3 is 36.2 Å². The molecule has 0 aliphatic heterocycles. The topological polar surface area (TPSA) is 105 Å². The maximum Gasteiger partial charge on any atom is 0.422 e. The van der Waals surface area contributed by atoms with Gasteiger partial charge in [-0.25, -0.2) is 19.2 Å². The second-order valence-corrected chi connectivity index (χ2v) is 8.43. The first kappa shape index (κ1) is 33.1. The summed E-state index contributed by atoms with van der Waals surface area (Å²) in [5.74, 6) is -7.83. The van der Waals surface area contributed by atoms with E-state index in [2.05, 4.69) is 35.8 Å². The number of alkyl halides is 6. The maximum absolute atomic E-state index is 12.9. The number of carbonyl (C=O) groups is 4. The number of hydrogen-bond donors (Lipinski definition) is 0. The van der Waals surface area contributed by atoms with E-state index in [4.69, 9.17) is 9.47 Å². The van der Waals surface area contributed by atoms with Gasteiger partial charge in [0.15, 0.2) is 11.5 Å².